The molecule has 2 heterocycles. The summed E-state index contributed by atoms with van der Waals surface area (Å²) in [5, 5.41) is 40.2. The number of rotatable bonds is 3. The molecular formula is C31H19N5. The Bertz CT molecular complexity index is 1690. The van der Waals surface area contributed by atoms with Gasteiger partial charge in [0.25, 0.3) is 0 Å². The van der Waals surface area contributed by atoms with Crippen molar-refractivity contribution in [3.63, 3.8) is 0 Å². The molecule has 36 heavy (non-hydrogen) atoms. The van der Waals surface area contributed by atoms with Gasteiger partial charge in [0.15, 0.2) is 0 Å². The van der Waals surface area contributed by atoms with E-state index in [-0.39, 0.29) is 28.3 Å². The first kappa shape index (κ1) is 22.4. The molecule has 0 bridgehead atoms. The second-order valence-corrected chi connectivity index (χ2v) is 8.69. The van der Waals surface area contributed by atoms with Crippen molar-refractivity contribution in [1.82, 2.24) is 0 Å². The Kier molecular flexibility index (Phi) is 5.47. The number of fused-ring (bicyclic) bond motifs is 3. The van der Waals surface area contributed by atoms with Crippen LogP contribution < -0.4 is 4.90 Å². The average molecular weight is 462 g/mol. The second-order valence-electron chi connectivity index (χ2n) is 8.69. The number of allylic oxidation sites excluding steroid dienone is 2. The van der Waals surface area contributed by atoms with E-state index in [0.29, 0.717) is 11.3 Å². The molecule has 2 aliphatic heterocycles. The molecule has 0 amide bonds. The molecule has 3 aromatic rings. The molecule has 0 N–H and O–H groups in total. The Balaban J connectivity index is 1.86. The van der Waals surface area contributed by atoms with E-state index in [1.54, 1.807) is 0 Å². The molecule has 3 aromatic carbocycles. The molecule has 0 aliphatic carbocycles. The van der Waals surface area contributed by atoms with Crippen LogP contribution in [-0.4, -0.2) is 6.04 Å². The van der Waals surface area contributed by atoms with E-state index >= 15 is 0 Å². The summed E-state index contributed by atoms with van der Waals surface area (Å²) < 4.78 is 0. The maximum absolute atomic E-state index is 10.2. The van der Waals surface area contributed by atoms with Crippen molar-refractivity contribution in [3.8, 4) is 24.3 Å². The van der Waals surface area contributed by atoms with E-state index in [0.717, 1.165) is 33.5 Å². The van der Waals surface area contributed by atoms with Crippen molar-refractivity contribution in [2.45, 2.75) is 19.9 Å². The molecule has 0 radical (unpaired) electrons. The van der Waals surface area contributed by atoms with Crippen LogP contribution in [0.25, 0.3) is 17.3 Å². The van der Waals surface area contributed by atoms with Crippen molar-refractivity contribution in [1.29, 1.82) is 21.0 Å². The van der Waals surface area contributed by atoms with E-state index in [9.17, 15) is 21.0 Å². The van der Waals surface area contributed by atoms with Crippen LogP contribution in [0.2, 0.25) is 0 Å². The smallest absolute Gasteiger partial charge is 0.103 e. The van der Waals surface area contributed by atoms with Gasteiger partial charge in [-0.2, -0.15) is 21.0 Å². The van der Waals surface area contributed by atoms with Crippen molar-refractivity contribution in [3.05, 3.63) is 117 Å². The third-order valence-electron chi connectivity index (χ3n) is 6.84. The first-order chi connectivity index (χ1) is 17.5. The molecule has 0 spiro atoms. The van der Waals surface area contributed by atoms with E-state index in [1.165, 1.54) is 0 Å². The summed E-state index contributed by atoms with van der Waals surface area (Å²) in [4.78, 5) is 2.02. The van der Waals surface area contributed by atoms with Crippen molar-refractivity contribution >= 4 is 23.0 Å². The van der Waals surface area contributed by atoms with Gasteiger partial charge in [-0.25, -0.2) is 0 Å². The lowest BCUT2D eigenvalue weighted by molar-refractivity contribution is 0.823. The number of anilines is 1. The number of hydrogen-bond donors (Lipinski definition) is 0. The van der Waals surface area contributed by atoms with Crippen molar-refractivity contribution in [2.24, 2.45) is 0 Å². The molecule has 0 fully saturated rings. The molecule has 5 heteroatoms. The van der Waals surface area contributed by atoms with Crippen LogP contribution in [0.4, 0.5) is 5.69 Å². The molecule has 2 aliphatic rings. The Morgan fingerprint density at radius 1 is 0.722 bits per heavy atom. The highest BCUT2D eigenvalue weighted by Crippen LogP contribution is 2.52. The molecule has 0 saturated heterocycles. The van der Waals surface area contributed by atoms with Crippen LogP contribution in [0.5, 0.6) is 0 Å². The Morgan fingerprint density at radius 3 is 1.97 bits per heavy atom. The molecular weight excluding hydrogens is 442 g/mol. The highest BCUT2D eigenvalue weighted by molar-refractivity contribution is 6.04. The minimum Gasteiger partial charge on any atom is -0.329 e. The van der Waals surface area contributed by atoms with Crippen LogP contribution in [0.3, 0.4) is 0 Å². The van der Waals surface area contributed by atoms with Gasteiger partial charge in [-0.05, 0) is 47.8 Å². The highest BCUT2D eigenvalue weighted by Gasteiger charge is 2.42. The number of hydrogen-bond acceptors (Lipinski definition) is 5. The number of nitrogens with zero attached hydrogens (tertiary/aromatic N) is 5. The summed E-state index contributed by atoms with van der Waals surface area (Å²) in [6.07, 6.45) is 6.08. The molecule has 1 unspecified atom stereocenters. The summed E-state index contributed by atoms with van der Waals surface area (Å²) in [5.41, 5.74) is 6.93. The summed E-state index contributed by atoms with van der Waals surface area (Å²) in [6, 6.07) is 26.0. The molecule has 0 aromatic heterocycles. The fraction of sp³-hybridized carbons (Fsp3) is 0.0968. The predicted molar refractivity (Wildman–Crippen MR) is 139 cm³/mol. The van der Waals surface area contributed by atoms with Gasteiger partial charge in [0.05, 0.1) is 34.0 Å². The quantitative estimate of drug-likeness (QED) is 0.462. The standard InChI is InChI=1S/C31H19N5/c1-19-8-6-7-9-21(19)12-13-23-20(2)28-14-29(22-10-4-3-5-11-22)36(28)31-27(18-35)25(16-33)24(15-32)26(17-34)30(23)31/h3-14,28H,1-2H3/b13-12-. The average Bonchev–Trinajstić information content (AvgIpc) is 2.88. The molecule has 5 rings (SSSR count). The normalized spacial score (nSPS) is 15.6. The third-order valence-corrected chi connectivity index (χ3v) is 6.84. The van der Waals surface area contributed by atoms with Gasteiger partial charge < -0.3 is 4.90 Å². The van der Waals surface area contributed by atoms with Crippen molar-refractivity contribution < 1.29 is 0 Å². The first-order valence-corrected chi connectivity index (χ1v) is 11.4. The maximum Gasteiger partial charge on any atom is 0.103 e. The van der Waals surface area contributed by atoms with Gasteiger partial charge in [0.1, 0.15) is 24.3 Å². The summed E-state index contributed by atoms with van der Waals surface area (Å²) in [7, 11) is 0. The van der Waals surface area contributed by atoms with Crippen LogP contribution >= 0.6 is 0 Å². The van der Waals surface area contributed by atoms with Gasteiger partial charge in [-0.3, -0.25) is 0 Å². The summed E-state index contributed by atoms with van der Waals surface area (Å²) in [6.45, 7) is 4.04. The van der Waals surface area contributed by atoms with Crippen LogP contribution in [0.15, 0.2) is 72.3 Å². The van der Waals surface area contributed by atoms with E-state index in [1.807, 2.05) is 97.6 Å². The number of benzene rings is 3. The SMILES string of the molecule is CC1=C(/C=C\c2ccccc2C)c2c(C#N)c(C#N)c(C#N)c(C#N)c2N2C(c3ccccc3)=CC12. The molecule has 5 nitrogen and oxygen atoms in total. The summed E-state index contributed by atoms with van der Waals surface area (Å²) >= 11 is 0. The van der Waals surface area contributed by atoms with Gasteiger partial charge in [-0.15, -0.1) is 0 Å². The zero-order chi connectivity index (χ0) is 25.4. The third kappa shape index (κ3) is 3.20. The van der Waals surface area contributed by atoms with Gasteiger partial charge in [-0.1, -0.05) is 66.7 Å². The lowest BCUT2D eigenvalue weighted by Crippen LogP contribution is -2.45. The number of nitriles is 4. The van der Waals surface area contributed by atoms with E-state index in [4.69, 9.17) is 0 Å². The van der Waals surface area contributed by atoms with Gasteiger partial charge >= 0.3 is 0 Å². The Labute approximate surface area is 210 Å². The zero-order valence-electron chi connectivity index (χ0n) is 19.7. The largest absolute Gasteiger partial charge is 0.329 e. The zero-order valence-corrected chi connectivity index (χ0v) is 19.7. The monoisotopic (exact) mass is 461 g/mol. The van der Waals surface area contributed by atoms with Gasteiger partial charge in [0.2, 0.25) is 0 Å². The second kappa shape index (κ2) is 8.77. The topological polar surface area (TPSA) is 98.4 Å². The predicted octanol–water partition coefficient (Wildman–Crippen LogP) is 6.21. The minimum atomic E-state index is -0.137. The van der Waals surface area contributed by atoms with Crippen LogP contribution in [0.1, 0.15) is 51.4 Å². The van der Waals surface area contributed by atoms with Gasteiger partial charge in [0, 0.05) is 11.3 Å². The lowest BCUT2D eigenvalue weighted by atomic mass is 9.77. The molecule has 0 saturated carbocycles. The first-order valence-electron chi connectivity index (χ1n) is 11.4. The van der Waals surface area contributed by atoms with Crippen LogP contribution in [0, 0.1) is 52.2 Å². The molecule has 168 valence electrons. The minimum absolute atomic E-state index is 0.0600. The number of aryl methyl sites for hydroxylation is 1. The summed E-state index contributed by atoms with van der Waals surface area (Å²) in [5.74, 6) is 0. The Hall–Kier alpha value is -5.36. The fourth-order valence-electron chi connectivity index (χ4n) is 5.00. The lowest BCUT2D eigenvalue weighted by Gasteiger charge is -2.48. The van der Waals surface area contributed by atoms with E-state index in [2.05, 4.69) is 18.2 Å². The Morgan fingerprint density at radius 2 is 1.33 bits per heavy atom. The molecule has 1 atom stereocenters. The van der Waals surface area contributed by atoms with Crippen molar-refractivity contribution in [2.75, 3.05) is 4.90 Å². The van der Waals surface area contributed by atoms with Crippen LogP contribution in [-0.2, 0) is 0 Å². The fourth-order valence-corrected chi connectivity index (χ4v) is 5.00. The van der Waals surface area contributed by atoms with E-state index < -0.39 is 0 Å². The maximum atomic E-state index is 10.2. The highest BCUT2D eigenvalue weighted by atomic mass is 15.2.